The maximum atomic E-state index is 13.2. The molecule has 1 unspecified atom stereocenters. The maximum Gasteiger partial charge on any atom is 0.411 e. The highest BCUT2D eigenvalue weighted by Crippen LogP contribution is 2.36. The summed E-state index contributed by atoms with van der Waals surface area (Å²) in [5.41, 5.74) is 1.79. The van der Waals surface area contributed by atoms with Crippen LogP contribution in [0.15, 0.2) is 76.7 Å². The first-order valence-electron chi connectivity index (χ1n) is 16.9. The Morgan fingerprint density at radius 3 is 2.33 bits per heavy atom. The predicted molar refractivity (Wildman–Crippen MR) is 195 cm³/mol. The smallest absolute Gasteiger partial charge is 0.411 e. The van der Waals surface area contributed by atoms with Crippen molar-refractivity contribution in [3.63, 3.8) is 0 Å². The number of H-pyrrole nitrogens is 1. The number of anilines is 2. The second-order valence-corrected chi connectivity index (χ2v) is 16.0. The van der Waals surface area contributed by atoms with Crippen LogP contribution in [0.2, 0.25) is 0 Å². The van der Waals surface area contributed by atoms with E-state index in [9.17, 15) is 32.7 Å². The number of hydrogen-bond donors (Lipinski definition) is 4. The lowest BCUT2D eigenvalue weighted by Gasteiger charge is -2.25. The first-order chi connectivity index (χ1) is 24.5. The van der Waals surface area contributed by atoms with Crippen molar-refractivity contribution in [2.75, 3.05) is 24.3 Å². The highest BCUT2D eigenvalue weighted by atomic mass is 32.2. The summed E-state index contributed by atoms with van der Waals surface area (Å²) in [4.78, 5) is 58.0. The van der Waals surface area contributed by atoms with Crippen molar-refractivity contribution in [2.24, 2.45) is 0 Å². The van der Waals surface area contributed by atoms with E-state index >= 15 is 0 Å². The van der Waals surface area contributed by atoms with E-state index in [1.165, 1.54) is 36.5 Å². The molecular formula is C37H43N5O9S. The van der Waals surface area contributed by atoms with Crippen LogP contribution >= 0.6 is 0 Å². The van der Waals surface area contributed by atoms with Gasteiger partial charge in [-0.05, 0) is 93.1 Å². The zero-order valence-corrected chi connectivity index (χ0v) is 30.5. The molecule has 3 aromatic carbocycles. The number of fused-ring (bicyclic) bond motifs is 1. The van der Waals surface area contributed by atoms with E-state index in [-0.39, 0.29) is 29.5 Å². The molecule has 1 aromatic heterocycles. The van der Waals surface area contributed by atoms with E-state index in [0.717, 1.165) is 5.56 Å². The van der Waals surface area contributed by atoms with Gasteiger partial charge in [-0.3, -0.25) is 10.1 Å². The van der Waals surface area contributed by atoms with E-state index in [1.807, 2.05) is 6.92 Å². The highest BCUT2D eigenvalue weighted by Gasteiger charge is 2.38. The number of carboxylic acid groups (broad SMARTS) is 1. The number of aromatic amines is 1. The van der Waals surface area contributed by atoms with Gasteiger partial charge in [0, 0.05) is 24.3 Å². The van der Waals surface area contributed by atoms with Gasteiger partial charge in [0.25, 0.3) is 5.56 Å². The third kappa shape index (κ3) is 9.26. The number of carboxylic acids is 1. The Balaban J connectivity index is 1.24. The number of aliphatic carboxylic acids is 1. The molecule has 1 aliphatic rings. The highest BCUT2D eigenvalue weighted by molar-refractivity contribution is 7.92. The van der Waals surface area contributed by atoms with Crippen LogP contribution in [0.1, 0.15) is 75.6 Å². The molecule has 1 fully saturated rings. The molecule has 5 rings (SSSR count). The van der Waals surface area contributed by atoms with Gasteiger partial charge in [-0.2, -0.15) is 0 Å². The molecule has 4 N–H and O–H groups in total. The molecule has 0 spiro atoms. The van der Waals surface area contributed by atoms with Gasteiger partial charge < -0.3 is 29.8 Å². The van der Waals surface area contributed by atoms with Crippen LogP contribution < -0.4 is 16.2 Å². The number of benzene rings is 3. The third-order valence-electron chi connectivity index (χ3n) is 8.54. The summed E-state index contributed by atoms with van der Waals surface area (Å²) in [6, 6.07) is 15.1. The minimum Gasteiger partial charge on any atom is -0.479 e. The first kappa shape index (κ1) is 37.8. The largest absolute Gasteiger partial charge is 0.479 e. The average molecular weight is 734 g/mol. The van der Waals surface area contributed by atoms with Crippen molar-refractivity contribution in [3.8, 4) is 0 Å². The summed E-state index contributed by atoms with van der Waals surface area (Å²) < 4.78 is 37.4. The minimum atomic E-state index is -3.62. The average Bonchev–Trinajstić information content (AvgIpc) is 3.94. The van der Waals surface area contributed by atoms with Gasteiger partial charge in [-0.25, -0.2) is 27.8 Å². The number of rotatable bonds is 13. The number of hydrogen-bond acceptors (Lipinski definition) is 10. The number of amides is 2. The molecule has 0 saturated heterocycles. The summed E-state index contributed by atoms with van der Waals surface area (Å²) in [7, 11) is -2.10. The monoisotopic (exact) mass is 733 g/mol. The molecule has 2 atom stereocenters. The normalized spacial score (nSPS) is 14.2. The quantitative estimate of drug-likeness (QED) is 0.122. The van der Waals surface area contributed by atoms with Crippen LogP contribution in [-0.4, -0.2) is 71.1 Å². The van der Waals surface area contributed by atoms with Crippen LogP contribution in [0.25, 0.3) is 10.9 Å². The first-order valence-corrected chi connectivity index (χ1v) is 18.4. The topological polar surface area (TPSA) is 197 Å². The van der Waals surface area contributed by atoms with Crippen LogP contribution in [0, 0.1) is 0 Å². The van der Waals surface area contributed by atoms with Crippen molar-refractivity contribution in [2.45, 2.75) is 81.2 Å². The summed E-state index contributed by atoms with van der Waals surface area (Å²) in [5, 5.41) is 15.5. The molecule has 276 valence electrons. The van der Waals surface area contributed by atoms with Crippen molar-refractivity contribution in [1.29, 1.82) is 0 Å². The SMILES string of the molecule is CC[C@@H](COC(=O)Nc1ccc(S(=O)(=O)C2CC2)c(CN(C)C(=O)OC(C)(C)C)c1)c1ccc(C(Nc2ccc3nc[nH]c(=O)c3c2)C(=O)O)cc1. The van der Waals surface area contributed by atoms with E-state index < -0.39 is 44.9 Å². The number of nitrogens with zero attached hydrogens (tertiary/aromatic N) is 2. The third-order valence-corrected chi connectivity index (χ3v) is 10.9. The summed E-state index contributed by atoms with van der Waals surface area (Å²) in [6.07, 6.45) is 1.69. The van der Waals surface area contributed by atoms with Gasteiger partial charge in [0.15, 0.2) is 15.9 Å². The maximum absolute atomic E-state index is 13.2. The molecule has 15 heteroatoms. The predicted octanol–water partition coefficient (Wildman–Crippen LogP) is 6.21. The fourth-order valence-corrected chi connectivity index (χ4v) is 7.49. The van der Waals surface area contributed by atoms with E-state index in [0.29, 0.717) is 52.7 Å². The zero-order valence-electron chi connectivity index (χ0n) is 29.6. The Morgan fingerprint density at radius 1 is 1.02 bits per heavy atom. The fourth-order valence-electron chi connectivity index (χ4n) is 5.63. The lowest BCUT2D eigenvalue weighted by molar-refractivity contribution is -0.138. The Hall–Kier alpha value is -5.44. The molecule has 1 heterocycles. The lowest BCUT2D eigenvalue weighted by atomic mass is 9.95. The lowest BCUT2D eigenvalue weighted by Crippen LogP contribution is -2.34. The Bertz CT molecular complexity index is 2120. The molecule has 0 aliphatic heterocycles. The molecule has 0 radical (unpaired) electrons. The Kier molecular flexibility index (Phi) is 11.2. The van der Waals surface area contributed by atoms with Crippen LogP contribution in [0.4, 0.5) is 21.0 Å². The Labute approximate surface area is 301 Å². The van der Waals surface area contributed by atoms with Crippen molar-refractivity contribution < 1.29 is 37.4 Å². The van der Waals surface area contributed by atoms with E-state index in [2.05, 4.69) is 20.6 Å². The van der Waals surface area contributed by atoms with Crippen LogP contribution in [0.5, 0.6) is 0 Å². The van der Waals surface area contributed by atoms with Gasteiger partial charge >= 0.3 is 18.2 Å². The van der Waals surface area contributed by atoms with Gasteiger partial charge in [0.05, 0.1) is 33.9 Å². The van der Waals surface area contributed by atoms with Gasteiger partial charge in [0.2, 0.25) is 0 Å². The number of carbonyl (C=O) groups is 3. The van der Waals surface area contributed by atoms with Crippen LogP contribution in [0.3, 0.4) is 0 Å². The minimum absolute atomic E-state index is 0.0182. The summed E-state index contributed by atoms with van der Waals surface area (Å²) >= 11 is 0. The van der Waals surface area contributed by atoms with Gasteiger partial charge in [0.1, 0.15) is 12.2 Å². The molecule has 14 nitrogen and oxygen atoms in total. The Morgan fingerprint density at radius 2 is 1.69 bits per heavy atom. The molecule has 1 saturated carbocycles. The standard InChI is InChI=1S/C37H43N5O9S/c1-6-22(23-7-9-24(10-8-23)32(34(44)45)40-27-11-15-30-29(18-27)33(43)39-21-38-30)20-50-35(46)41-26-12-16-31(52(48,49)28-13-14-28)25(17-26)19-42(5)36(47)51-37(2,3)4/h7-12,15-18,21-22,28,32,40H,6,13-14,19-20H2,1-5H3,(H,41,46)(H,44,45)(H,38,39,43)/t22-,32?/m0/s1. The summed E-state index contributed by atoms with van der Waals surface area (Å²) in [5.74, 6) is -1.32. The molecule has 2 amide bonds. The van der Waals surface area contributed by atoms with Crippen LogP contribution in [-0.2, 0) is 30.7 Å². The zero-order chi connectivity index (χ0) is 37.8. The number of nitrogens with one attached hydrogen (secondary N) is 3. The molecule has 52 heavy (non-hydrogen) atoms. The second kappa shape index (κ2) is 15.4. The fraction of sp³-hybridized carbons (Fsp3) is 0.378. The molecule has 4 aromatic rings. The van der Waals surface area contributed by atoms with Gasteiger partial charge in [-0.15, -0.1) is 0 Å². The van der Waals surface area contributed by atoms with E-state index in [1.54, 1.807) is 63.2 Å². The number of carbonyl (C=O) groups excluding carboxylic acids is 2. The van der Waals surface area contributed by atoms with Crippen molar-refractivity contribution >= 4 is 50.3 Å². The molecule has 0 bridgehead atoms. The molecule has 1 aliphatic carbocycles. The summed E-state index contributed by atoms with van der Waals surface area (Å²) in [6.45, 7) is 7.10. The van der Waals surface area contributed by atoms with Gasteiger partial charge in [-0.1, -0.05) is 31.2 Å². The second-order valence-electron chi connectivity index (χ2n) is 13.8. The van der Waals surface area contributed by atoms with Crippen molar-refractivity contribution in [1.82, 2.24) is 14.9 Å². The number of sulfone groups is 1. The number of ether oxygens (including phenoxy) is 2. The van der Waals surface area contributed by atoms with Crippen molar-refractivity contribution in [3.05, 3.63) is 94.0 Å². The van der Waals surface area contributed by atoms with E-state index in [4.69, 9.17) is 9.47 Å². The number of aromatic nitrogens is 2. The molecular weight excluding hydrogens is 691 g/mol.